The summed E-state index contributed by atoms with van der Waals surface area (Å²) in [5, 5.41) is 7.18. The molecule has 18 heavy (non-hydrogen) atoms. The van der Waals surface area contributed by atoms with Crippen LogP contribution in [0.3, 0.4) is 0 Å². The Bertz CT molecular complexity index is 649. The second kappa shape index (κ2) is 3.04. The van der Waals surface area contributed by atoms with Gasteiger partial charge in [-0.15, -0.1) is 0 Å². The molecule has 0 bridgehead atoms. The molecule has 0 radical (unpaired) electrons. The van der Waals surface area contributed by atoms with E-state index in [-0.39, 0.29) is 11.2 Å². The molecule has 2 aliphatic carbocycles. The number of aromatic nitrogens is 2. The molecular formula is C13H13N3O2. The lowest BCUT2D eigenvalue weighted by atomic mass is 9.60. The van der Waals surface area contributed by atoms with E-state index in [9.17, 15) is 4.79 Å². The zero-order valence-corrected chi connectivity index (χ0v) is 9.82. The molecule has 0 aliphatic heterocycles. The Kier molecular flexibility index (Phi) is 1.68. The van der Waals surface area contributed by atoms with Crippen LogP contribution in [0.2, 0.25) is 0 Å². The second-order valence-corrected chi connectivity index (χ2v) is 5.28. The predicted octanol–water partition coefficient (Wildman–Crippen LogP) is 1.75. The molecule has 1 spiro atoms. The first kappa shape index (κ1) is 9.94. The average molecular weight is 243 g/mol. The van der Waals surface area contributed by atoms with E-state index in [2.05, 4.69) is 10.2 Å². The van der Waals surface area contributed by atoms with Crippen LogP contribution >= 0.6 is 0 Å². The van der Waals surface area contributed by atoms with Gasteiger partial charge in [0.1, 0.15) is 5.76 Å². The van der Waals surface area contributed by atoms with Crippen molar-refractivity contribution in [1.82, 2.24) is 10.2 Å². The quantitative estimate of drug-likeness (QED) is 0.800. The molecule has 5 nitrogen and oxygen atoms in total. The fraction of sp³-hybridized carbons (Fsp3) is 0.385. The van der Waals surface area contributed by atoms with Gasteiger partial charge in [0.05, 0.1) is 11.9 Å². The topological polar surface area (TPSA) is 84.9 Å². The van der Waals surface area contributed by atoms with E-state index < -0.39 is 5.91 Å². The van der Waals surface area contributed by atoms with Crippen LogP contribution in [0.1, 0.15) is 41.1 Å². The van der Waals surface area contributed by atoms with Crippen molar-refractivity contribution < 1.29 is 9.21 Å². The summed E-state index contributed by atoms with van der Waals surface area (Å²) in [5.41, 5.74) is 8.64. The summed E-state index contributed by atoms with van der Waals surface area (Å²) in [4.78, 5) is 11.2. The molecule has 0 aromatic carbocycles. The van der Waals surface area contributed by atoms with Crippen molar-refractivity contribution in [1.29, 1.82) is 0 Å². The number of carbonyl (C=O) groups excluding carboxylic acids is 1. The molecule has 5 heteroatoms. The number of nitrogens with zero attached hydrogens (tertiary/aromatic N) is 1. The first-order chi connectivity index (χ1) is 8.70. The summed E-state index contributed by atoms with van der Waals surface area (Å²) in [7, 11) is 0. The van der Waals surface area contributed by atoms with E-state index in [4.69, 9.17) is 10.2 Å². The number of H-pyrrole nitrogens is 1. The first-order valence-corrected chi connectivity index (χ1v) is 6.16. The van der Waals surface area contributed by atoms with E-state index in [1.165, 1.54) is 12.0 Å². The third kappa shape index (κ3) is 1.06. The summed E-state index contributed by atoms with van der Waals surface area (Å²) in [6.45, 7) is 0. The number of nitrogens with two attached hydrogens (primary N) is 1. The van der Waals surface area contributed by atoms with Gasteiger partial charge in [-0.2, -0.15) is 5.10 Å². The van der Waals surface area contributed by atoms with Gasteiger partial charge in [0, 0.05) is 23.0 Å². The first-order valence-electron chi connectivity index (χ1n) is 6.16. The molecular weight excluding hydrogens is 230 g/mol. The molecule has 1 fully saturated rings. The zero-order valence-electron chi connectivity index (χ0n) is 9.82. The SMILES string of the molecule is NC(=O)c1cc2c(o1)CC1(CCC1)c1cn[nH]c1-2. The standard InChI is InChI=1S/C13H13N3O2/c14-12(17)9-4-7-10(18-9)5-13(2-1-3-13)8-6-15-16-11(7)8/h4,6H,1-3,5H2,(H2,14,17)(H,15,16). The number of carbonyl (C=O) groups is 1. The minimum Gasteiger partial charge on any atom is -0.455 e. The number of primary amides is 1. The van der Waals surface area contributed by atoms with Crippen LogP contribution < -0.4 is 5.73 Å². The number of rotatable bonds is 1. The van der Waals surface area contributed by atoms with Gasteiger partial charge < -0.3 is 10.2 Å². The van der Waals surface area contributed by atoms with Crippen molar-refractivity contribution in [3.63, 3.8) is 0 Å². The smallest absolute Gasteiger partial charge is 0.284 e. The Morgan fingerprint density at radius 3 is 3.00 bits per heavy atom. The lowest BCUT2D eigenvalue weighted by Gasteiger charge is -2.43. The highest BCUT2D eigenvalue weighted by molar-refractivity contribution is 5.92. The van der Waals surface area contributed by atoms with Crippen molar-refractivity contribution in [2.75, 3.05) is 0 Å². The van der Waals surface area contributed by atoms with Crippen LogP contribution in [0.15, 0.2) is 16.7 Å². The summed E-state index contributed by atoms with van der Waals surface area (Å²) < 4.78 is 5.60. The van der Waals surface area contributed by atoms with Crippen molar-refractivity contribution in [2.24, 2.45) is 5.73 Å². The zero-order chi connectivity index (χ0) is 12.3. The fourth-order valence-electron chi connectivity index (χ4n) is 3.24. The second-order valence-electron chi connectivity index (χ2n) is 5.28. The maximum atomic E-state index is 11.2. The van der Waals surface area contributed by atoms with Gasteiger partial charge in [-0.25, -0.2) is 0 Å². The average Bonchev–Trinajstić information content (AvgIpc) is 2.91. The molecule has 92 valence electrons. The highest BCUT2D eigenvalue weighted by atomic mass is 16.4. The largest absolute Gasteiger partial charge is 0.455 e. The lowest BCUT2D eigenvalue weighted by Crippen LogP contribution is -2.38. The molecule has 0 unspecified atom stereocenters. The van der Waals surface area contributed by atoms with Crippen LogP contribution in [-0.2, 0) is 11.8 Å². The Labute approximate surface area is 103 Å². The van der Waals surface area contributed by atoms with Gasteiger partial charge in [-0.1, -0.05) is 6.42 Å². The van der Waals surface area contributed by atoms with Gasteiger partial charge in [-0.3, -0.25) is 9.89 Å². The maximum Gasteiger partial charge on any atom is 0.284 e. The number of furan rings is 1. The van der Waals surface area contributed by atoms with Gasteiger partial charge >= 0.3 is 0 Å². The Hall–Kier alpha value is -2.04. The molecule has 2 aliphatic rings. The van der Waals surface area contributed by atoms with E-state index >= 15 is 0 Å². The van der Waals surface area contributed by atoms with Crippen LogP contribution in [0.25, 0.3) is 11.3 Å². The normalized spacial score (nSPS) is 19.1. The Balaban J connectivity index is 1.93. The molecule has 0 atom stereocenters. The summed E-state index contributed by atoms with van der Waals surface area (Å²) >= 11 is 0. The van der Waals surface area contributed by atoms with Crippen molar-refractivity contribution in [3.05, 3.63) is 29.3 Å². The van der Waals surface area contributed by atoms with Crippen LogP contribution in [-0.4, -0.2) is 16.1 Å². The lowest BCUT2D eigenvalue weighted by molar-refractivity contribution is 0.0970. The van der Waals surface area contributed by atoms with Gasteiger partial charge in [0.15, 0.2) is 5.76 Å². The number of fused-ring (bicyclic) bond motifs is 4. The third-order valence-electron chi connectivity index (χ3n) is 4.34. The van der Waals surface area contributed by atoms with Gasteiger partial charge in [0.25, 0.3) is 5.91 Å². The van der Waals surface area contributed by atoms with Gasteiger partial charge in [0.2, 0.25) is 0 Å². The number of nitrogens with one attached hydrogen (secondary N) is 1. The molecule has 2 heterocycles. The Morgan fingerprint density at radius 1 is 1.50 bits per heavy atom. The van der Waals surface area contributed by atoms with Crippen LogP contribution in [0.4, 0.5) is 0 Å². The van der Waals surface area contributed by atoms with E-state index in [0.717, 1.165) is 36.3 Å². The number of hydrogen-bond acceptors (Lipinski definition) is 3. The molecule has 0 saturated heterocycles. The number of amides is 1. The summed E-state index contributed by atoms with van der Waals surface area (Å²) in [5.74, 6) is 0.574. The van der Waals surface area contributed by atoms with Crippen molar-refractivity contribution in [2.45, 2.75) is 31.1 Å². The van der Waals surface area contributed by atoms with E-state index in [0.29, 0.717) is 0 Å². The van der Waals surface area contributed by atoms with E-state index in [1.807, 2.05) is 6.20 Å². The highest BCUT2D eigenvalue weighted by Gasteiger charge is 2.46. The minimum absolute atomic E-state index is 0.169. The molecule has 1 saturated carbocycles. The van der Waals surface area contributed by atoms with Crippen LogP contribution in [0.5, 0.6) is 0 Å². The molecule has 3 N–H and O–H groups in total. The molecule has 2 aromatic heterocycles. The van der Waals surface area contributed by atoms with Gasteiger partial charge in [-0.05, 0) is 18.9 Å². The van der Waals surface area contributed by atoms with Crippen molar-refractivity contribution in [3.8, 4) is 11.3 Å². The third-order valence-corrected chi connectivity index (χ3v) is 4.34. The molecule has 1 amide bonds. The molecule has 4 rings (SSSR count). The highest BCUT2D eigenvalue weighted by Crippen LogP contribution is 2.53. The van der Waals surface area contributed by atoms with Crippen molar-refractivity contribution >= 4 is 5.91 Å². The summed E-state index contributed by atoms with van der Waals surface area (Å²) in [6.07, 6.45) is 6.32. The predicted molar refractivity (Wildman–Crippen MR) is 64.0 cm³/mol. The minimum atomic E-state index is -0.520. The maximum absolute atomic E-state index is 11.2. The fourth-order valence-corrected chi connectivity index (χ4v) is 3.24. The monoisotopic (exact) mass is 243 g/mol. The van der Waals surface area contributed by atoms with E-state index in [1.54, 1.807) is 6.07 Å². The summed E-state index contributed by atoms with van der Waals surface area (Å²) in [6, 6.07) is 1.72. The van der Waals surface area contributed by atoms with Crippen LogP contribution in [0, 0.1) is 0 Å². The number of hydrogen-bond donors (Lipinski definition) is 2. The number of aromatic amines is 1. The molecule has 2 aromatic rings. The Morgan fingerprint density at radius 2 is 2.33 bits per heavy atom.